The van der Waals surface area contributed by atoms with E-state index in [1.807, 2.05) is 0 Å². The summed E-state index contributed by atoms with van der Waals surface area (Å²) in [6.07, 6.45) is 0. The Kier molecular flexibility index (Phi) is 8.87. The van der Waals surface area contributed by atoms with E-state index in [4.69, 9.17) is 11.4 Å². The fraction of sp³-hybridized carbons (Fsp3) is 0. The van der Waals surface area contributed by atoms with Crippen LogP contribution in [0.2, 0.25) is 0 Å². The predicted molar refractivity (Wildman–Crippen MR) is 3.59 cm³/mol. The quantitative estimate of drug-likeness (QED) is 0.636. The predicted octanol–water partition coefficient (Wildman–Crippen LogP) is -0.800. The molecule has 1 radical (unpaired) electrons. The second-order valence-corrected chi connectivity index (χ2v) is 0.981. The number of hydrogen-bond donors (Lipinski definition) is 1. The molecular formula is HIrO3V. The topological polar surface area (TPSA) is 54.4 Å². The van der Waals surface area contributed by atoms with E-state index in [0.717, 1.165) is 0 Å². The van der Waals surface area contributed by atoms with Gasteiger partial charge in [0.2, 0.25) is 0 Å². The Balaban J connectivity index is 0. The molecule has 0 spiro atoms. The van der Waals surface area contributed by atoms with Gasteiger partial charge in [0.25, 0.3) is 0 Å². The van der Waals surface area contributed by atoms with Crippen molar-refractivity contribution in [2.75, 3.05) is 0 Å². The van der Waals surface area contributed by atoms with Crippen LogP contribution in [-0.2, 0) is 42.9 Å². The van der Waals surface area contributed by atoms with Crippen LogP contribution in [0.3, 0.4) is 0 Å². The molecule has 0 aromatic heterocycles. The summed E-state index contributed by atoms with van der Waals surface area (Å²) in [4.78, 5) is 0. The molecule has 0 atom stereocenters. The first-order valence-electron chi connectivity index (χ1n) is 0.565. The Morgan fingerprint density at radius 2 is 1.40 bits per heavy atom. The van der Waals surface area contributed by atoms with Crippen molar-refractivity contribution in [3.63, 3.8) is 0 Å². The van der Waals surface area contributed by atoms with Crippen LogP contribution >= 0.6 is 0 Å². The fourth-order valence-corrected chi connectivity index (χ4v) is 0. The van der Waals surface area contributed by atoms with Gasteiger partial charge < -0.3 is 0 Å². The Labute approximate surface area is 47.1 Å². The van der Waals surface area contributed by atoms with E-state index in [1.54, 1.807) is 0 Å². The van der Waals surface area contributed by atoms with Gasteiger partial charge in [-0.05, 0) is 0 Å². The molecule has 0 bridgehead atoms. The second kappa shape index (κ2) is 4.79. The van der Waals surface area contributed by atoms with Gasteiger partial charge in [0.1, 0.15) is 0 Å². The van der Waals surface area contributed by atoms with Crippen molar-refractivity contribution in [1.82, 2.24) is 0 Å². The standard InChI is InChI=1S/Ir.H2O.2O.V/h;1H2;;;/q;;;;+1/p-1. The zero-order valence-electron chi connectivity index (χ0n) is 2.04. The summed E-state index contributed by atoms with van der Waals surface area (Å²) < 4.78 is 24.4. The molecule has 5 heteroatoms. The zero-order valence-corrected chi connectivity index (χ0v) is 5.84. The SMILES string of the molecule is [Ir].[O]=[V](=[O])[OH]. The van der Waals surface area contributed by atoms with Crippen molar-refractivity contribution in [3.8, 4) is 0 Å². The van der Waals surface area contributed by atoms with Gasteiger partial charge in [0.05, 0.1) is 0 Å². The summed E-state index contributed by atoms with van der Waals surface area (Å²) >= 11 is -3.69. The van der Waals surface area contributed by atoms with Gasteiger partial charge in [-0.1, -0.05) is 0 Å². The van der Waals surface area contributed by atoms with Gasteiger partial charge in [-0.15, -0.1) is 0 Å². The first-order valence-corrected chi connectivity index (χ1v) is 2.33. The van der Waals surface area contributed by atoms with E-state index in [2.05, 4.69) is 0 Å². The van der Waals surface area contributed by atoms with E-state index < -0.39 is 15.4 Å². The Hall–Kier alpha value is 0.794. The molecule has 1 N–H and O–H groups in total. The van der Waals surface area contributed by atoms with Crippen LogP contribution in [0.1, 0.15) is 0 Å². The van der Waals surface area contributed by atoms with Crippen molar-refractivity contribution in [1.29, 1.82) is 0 Å². The van der Waals surface area contributed by atoms with Crippen LogP contribution < -0.4 is 0 Å². The average molecular weight is 292 g/mol. The summed E-state index contributed by atoms with van der Waals surface area (Å²) in [5.74, 6) is 0. The minimum absolute atomic E-state index is 0. The zero-order chi connectivity index (χ0) is 3.58. The van der Waals surface area contributed by atoms with E-state index in [-0.39, 0.29) is 20.1 Å². The van der Waals surface area contributed by atoms with Crippen LogP contribution in [0.15, 0.2) is 0 Å². The first kappa shape index (κ1) is 9.25. The molecule has 0 unspecified atom stereocenters. The van der Waals surface area contributed by atoms with Crippen LogP contribution in [0.25, 0.3) is 0 Å². The van der Waals surface area contributed by atoms with E-state index >= 15 is 0 Å². The molecule has 0 saturated heterocycles. The van der Waals surface area contributed by atoms with Gasteiger partial charge >= 0.3 is 26.8 Å². The average Bonchev–Trinajstić information content (AvgIpc) is 0.811. The molecule has 0 heterocycles. The van der Waals surface area contributed by atoms with E-state index in [1.165, 1.54) is 0 Å². The maximum atomic E-state index is 8.67. The second-order valence-electron chi connectivity index (χ2n) is 0.238. The summed E-state index contributed by atoms with van der Waals surface area (Å²) in [6.45, 7) is 0. The van der Waals surface area contributed by atoms with Gasteiger partial charge in [-0.2, -0.15) is 0 Å². The minimum atomic E-state index is -3.69. The molecule has 5 heavy (non-hydrogen) atoms. The third-order valence-corrected chi connectivity index (χ3v) is 0. The van der Waals surface area contributed by atoms with Crippen molar-refractivity contribution in [3.05, 3.63) is 0 Å². The summed E-state index contributed by atoms with van der Waals surface area (Å²) in [5.41, 5.74) is 0. The number of hydrogen-bond acceptors (Lipinski definition) is 2. The molecule has 0 aromatic rings. The van der Waals surface area contributed by atoms with Gasteiger partial charge in [-0.3, -0.25) is 0 Å². The molecule has 0 rings (SSSR count). The van der Waals surface area contributed by atoms with Gasteiger partial charge in [0.15, 0.2) is 0 Å². The molecule has 0 aliphatic heterocycles. The normalized spacial score (nSPS) is 5.00. The fourth-order valence-electron chi connectivity index (χ4n) is 0. The van der Waals surface area contributed by atoms with Crippen molar-refractivity contribution in [2.24, 2.45) is 0 Å². The van der Waals surface area contributed by atoms with Crippen LogP contribution in [0.5, 0.6) is 0 Å². The van der Waals surface area contributed by atoms with Crippen molar-refractivity contribution < 1.29 is 46.9 Å². The molecule has 0 aliphatic carbocycles. The monoisotopic (exact) mass is 293 g/mol. The molecule has 3 nitrogen and oxygen atoms in total. The van der Waals surface area contributed by atoms with E-state index in [9.17, 15) is 0 Å². The van der Waals surface area contributed by atoms with Crippen LogP contribution in [-0.4, -0.2) is 4.03 Å². The summed E-state index contributed by atoms with van der Waals surface area (Å²) in [6, 6.07) is 0. The maximum absolute atomic E-state index is 8.67. The third-order valence-electron chi connectivity index (χ3n) is 0. The summed E-state index contributed by atoms with van der Waals surface area (Å²) in [5, 5.41) is 0. The molecule has 0 saturated carbocycles. The molecule has 0 aliphatic rings. The molecular weight excluding hydrogens is 291 g/mol. The molecule has 33 valence electrons. The Morgan fingerprint density at radius 3 is 1.40 bits per heavy atom. The number of rotatable bonds is 0. The summed E-state index contributed by atoms with van der Waals surface area (Å²) in [7, 11) is 0. The molecule has 0 fully saturated rings. The Morgan fingerprint density at radius 1 is 1.40 bits per heavy atom. The molecule has 0 aromatic carbocycles. The first-order chi connectivity index (χ1) is 1.73. The van der Waals surface area contributed by atoms with Gasteiger partial charge in [-0.25, -0.2) is 0 Å². The van der Waals surface area contributed by atoms with Crippen LogP contribution in [0.4, 0.5) is 0 Å². The Bertz CT molecular complexity index is 55.3. The molecule has 0 amide bonds. The van der Waals surface area contributed by atoms with E-state index in [0.29, 0.717) is 0 Å². The van der Waals surface area contributed by atoms with Gasteiger partial charge in [0, 0.05) is 20.1 Å². The van der Waals surface area contributed by atoms with Crippen molar-refractivity contribution in [2.45, 2.75) is 0 Å². The van der Waals surface area contributed by atoms with Crippen LogP contribution in [0, 0.1) is 0 Å². The van der Waals surface area contributed by atoms with Crippen molar-refractivity contribution >= 4 is 0 Å². The third kappa shape index (κ3) is 59.4.